The van der Waals surface area contributed by atoms with E-state index < -0.39 is 21.8 Å². The molecule has 2 heterocycles. The lowest BCUT2D eigenvalue weighted by Crippen LogP contribution is -2.55. The van der Waals surface area contributed by atoms with Gasteiger partial charge in [0.15, 0.2) is 0 Å². The summed E-state index contributed by atoms with van der Waals surface area (Å²) < 4.78 is 66.4. The smallest absolute Gasteiger partial charge is 0.305 e. The predicted octanol–water partition coefficient (Wildman–Crippen LogP) is 2.41. The van der Waals surface area contributed by atoms with Gasteiger partial charge in [0.25, 0.3) is 0 Å². The molecule has 2 aliphatic heterocycles. The minimum atomic E-state index is -4.57. The van der Waals surface area contributed by atoms with E-state index in [4.69, 9.17) is 0 Å². The van der Waals surface area contributed by atoms with Crippen molar-refractivity contribution >= 4 is 10.0 Å². The summed E-state index contributed by atoms with van der Waals surface area (Å²) in [6.07, 6.45) is -2.34. The predicted molar refractivity (Wildman–Crippen MR) is 97.0 cm³/mol. The summed E-state index contributed by atoms with van der Waals surface area (Å²) >= 11 is 0. The standard InChI is InChI=1S/C18H26F3N3O2S/c1-14-5-6-16(12-17(14)18(19,20)21)27(25,26)24-10-8-23(9-11-24)15-4-3-7-22(2)13-15/h5-6,12,15H,3-4,7-11,13H2,1-2H3. The summed E-state index contributed by atoms with van der Waals surface area (Å²) in [4.78, 5) is 4.30. The van der Waals surface area contributed by atoms with Crippen LogP contribution in [0.4, 0.5) is 13.2 Å². The maximum atomic E-state index is 13.1. The van der Waals surface area contributed by atoms with Crippen molar-refractivity contribution in [2.45, 2.75) is 36.9 Å². The molecule has 2 fully saturated rings. The highest BCUT2D eigenvalue weighted by Gasteiger charge is 2.36. The minimum Gasteiger partial charge on any atom is -0.305 e. The van der Waals surface area contributed by atoms with Crippen molar-refractivity contribution in [3.63, 3.8) is 0 Å². The lowest BCUT2D eigenvalue weighted by molar-refractivity contribution is -0.138. The highest BCUT2D eigenvalue weighted by atomic mass is 32.2. The van der Waals surface area contributed by atoms with Crippen LogP contribution in [0.15, 0.2) is 23.1 Å². The molecule has 2 aliphatic rings. The van der Waals surface area contributed by atoms with Gasteiger partial charge in [-0.3, -0.25) is 4.90 Å². The van der Waals surface area contributed by atoms with Gasteiger partial charge in [0.2, 0.25) is 10.0 Å². The summed E-state index contributed by atoms with van der Waals surface area (Å²) in [6.45, 7) is 5.21. The molecule has 152 valence electrons. The number of hydrogen-bond acceptors (Lipinski definition) is 4. The Balaban J connectivity index is 1.72. The number of piperidine rings is 1. The van der Waals surface area contributed by atoms with Crippen LogP contribution in [-0.2, 0) is 16.2 Å². The third kappa shape index (κ3) is 4.47. The second-order valence-corrected chi connectivity index (χ2v) is 9.41. The average Bonchev–Trinajstić information content (AvgIpc) is 2.61. The molecule has 0 saturated carbocycles. The molecule has 0 N–H and O–H groups in total. The number of hydrogen-bond donors (Lipinski definition) is 0. The van der Waals surface area contributed by atoms with E-state index in [1.54, 1.807) is 0 Å². The second-order valence-electron chi connectivity index (χ2n) is 7.47. The first-order valence-corrected chi connectivity index (χ1v) is 10.6. The van der Waals surface area contributed by atoms with Gasteiger partial charge in [-0.2, -0.15) is 17.5 Å². The summed E-state index contributed by atoms with van der Waals surface area (Å²) in [7, 11) is -1.84. The molecule has 0 radical (unpaired) electrons. The Morgan fingerprint density at radius 3 is 2.33 bits per heavy atom. The number of piperazine rings is 1. The molecular weight excluding hydrogens is 379 g/mol. The summed E-state index contributed by atoms with van der Waals surface area (Å²) in [5.41, 5.74) is -0.875. The number of sulfonamides is 1. The number of halogens is 3. The fourth-order valence-electron chi connectivity index (χ4n) is 3.96. The number of aryl methyl sites for hydroxylation is 1. The van der Waals surface area contributed by atoms with E-state index in [1.165, 1.54) is 23.4 Å². The molecule has 0 bridgehead atoms. The van der Waals surface area contributed by atoms with Gasteiger partial charge < -0.3 is 4.90 Å². The van der Waals surface area contributed by atoms with E-state index in [9.17, 15) is 21.6 Å². The first-order valence-electron chi connectivity index (χ1n) is 9.19. The van der Waals surface area contributed by atoms with Crippen LogP contribution in [0.2, 0.25) is 0 Å². The normalized spacial score (nSPS) is 24.3. The van der Waals surface area contributed by atoms with Crippen LogP contribution in [0.5, 0.6) is 0 Å². The van der Waals surface area contributed by atoms with Crippen molar-refractivity contribution in [3.05, 3.63) is 29.3 Å². The molecule has 0 aliphatic carbocycles. The molecule has 1 aromatic carbocycles. The number of alkyl halides is 3. The Hall–Kier alpha value is -1.16. The van der Waals surface area contributed by atoms with Crippen molar-refractivity contribution in [2.24, 2.45) is 0 Å². The first-order chi connectivity index (χ1) is 12.6. The van der Waals surface area contributed by atoms with Crippen LogP contribution in [-0.4, -0.2) is 74.9 Å². The van der Waals surface area contributed by atoms with E-state index in [2.05, 4.69) is 16.8 Å². The molecule has 1 atom stereocenters. The number of likely N-dealkylation sites (N-methyl/N-ethyl adjacent to an activating group) is 1. The van der Waals surface area contributed by atoms with Crippen LogP contribution in [0.25, 0.3) is 0 Å². The highest BCUT2D eigenvalue weighted by Crippen LogP contribution is 2.34. The van der Waals surface area contributed by atoms with Crippen LogP contribution < -0.4 is 0 Å². The molecule has 2 saturated heterocycles. The van der Waals surface area contributed by atoms with E-state index in [-0.39, 0.29) is 10.5 Å². The molecule has 0 spiro atoms. The summed E-state index contributed by atoms with van der Waals surface area (Å²) in [5, 5.41) is 0. The van der Waals surface area contributed by atoms with Crippen LogP contribution in [0, 0.1) is 6.92 Å². The molecule has 1 unspecified atom stereocenters. The van der Waals surface area contributed by atoms with Crippen molar-refractivity contribution in [2.75, 3.05) is 46.3 Å². The Morgan fingerprint density at radius 2 is 1.74 bits per heavy atom. The van der Waals surface area contributed by atoms with Crippen LogP contribution in [0.3, 0.4) is 0 Å². The van der Waals surface area contributed by atoms with Gasteiger partial charge in [-0.1, -0.05) is 6.07 Å². The van der Waals surface area contributed by atoms with Gasteiger partial charge in [0.1, 0.15) is 0 Å². The number of rotatable bonds is 3. The topological polar surface area (TPSA) is 43.9 Å². The molecule has 0 amide bonds. The van der Waals surface area contributed by atoms with Crippen molar-refractivity contribution in [1.29, 1.82) is 0 Å². The molecule has 1 aromatic rings. The molecule has 5 nitrogen and oxygen atoms in total. The lowest BCUT2D eigenvalue weighted by atomic mass is 10.0. The molecule has 0 aromatic heterocycles. The van der Waals surface area contributed by atoms with E-state index in [0.29, 0.717) is 32.2 Å². The molecule has 3 rings (SSSR count). The fraction of sp³-hybridized carbons (Fsp3) is 0.667. The Morgan fingerprint density at radius 1 is 1.07 bits per heavy atom. The van der Waals surface area contributed by atoms with E-state index >= 15 is 0 Å². The van der Waals surface area contributed by atoms with Gasteiger partial charge >= 0.3 is 6.18 Å². The monoisotopic (exact) mass is 405 g/mol. The Kier molecular flexibility index (Phi) is 5.86. The third-order valence-electron chi connectivity index (χ3n) is 5.54. The maximum absolute atomic E-state index is 13.1. The van der Waals surface area contributed by atoms with Crippen molar-refractivity contribution < 1.29 is 21.6 Å². The zero-order chi connectivity index (χ0) is 19.8. The van der Waals surface area contributed by atoms with Crippen LogP contribution >= 0.6 is 0 Å². The molecular formula is C18H26F3N3O2S. The van der Waals surface area contributed by atoms with Gasteiger partial charge in [-0.05, 0) is 51.1 Å². The van der Waals surface area contributed by atoms with Gasteiger partial charge in [0, 0.05) is 38.8 Å². The first kappa shape index (κ1) is 20.6. The average molecular weight is 405 g/mol. The maximum Gasteiger partial charge on any atom is 0.416 e. The molecule has 27 heavy (non-hydrogen) atoms. The SMILES string of the molecule is Cc1ccc(S(=O)(=O)N2CCN(C3CCCN(C)C3)CC2)cc1C(F)(F)F. The summed E-state index contributed by atoms with van der Waals surface area (Å²) in [5.74, 6) is 0. The van der Waals surface area contributed by atoms with Gasteiger partial charge in [0.05, 0.1) is 10.5 Å². The quantitative estimate of drug-likeness (QED) is 0.775. The second kappa shape index (κ2) is 7.69. The van der Waals surface area contributed by atoms with E-state index in [1.807, 2.05) is 0 Å². The minimum absolute atomic E-state index is 0.0210. The summed E-state index contributed by atoms with van der Waals surface area (Å²) in [6, 6.07) is 3.67. The highest BCUT2D eigenvalue weighted by molar-refractivity contribution is 7.89. The largest absolute Gasteiger partial charge is 0.416 e. The van der Waals surface area contributed by atoms with Crippen molar-refractivity contribution in [3.8, 4) is 0 Å². The number of likely N-dealkylation sites (tertiary alicyclic amines) is 1. The third-order valence-corrected chi connectivity index (χ3v) is 7.44. The Bertz CT molecular complexity index is 775. The molecule has 9 heteroatoms. The fourth-order valence-corrected chi connectivity index (χ4v) is 5.41. The van der Waals surface area contributed by atoms with Gasteiger partial charge in [-0.25, -0.2) is 8.42 Å². The Labute approximate surface area is 158 Å². The lowest BCUT2D eigenvalue weighted by Gasteiger charge is -2.42. The van der Waals surface area contributed by atoms with E-state index in [0.717, 1.165) is 32.0 Å². The van der Waals surface area contributed by atoms with Gasteiger partial charge in [-0.15, -0.1) is 0 Å². The zero-order valence-corrected chi connectivity index (χ0v) is 16.5. The zero-order valence-electron chi connectivity index (χ0n) is 15.7. The van der Waals surface area contributed by atoms with Crippen LogP contribution in [0.1, 0.15) is 24.0 Å². The van der Waals surface area contributed by atoms with Crippen molar-refractivity contribution in [1.82, 2.24) is 14.1 Å². The number of benzene rings is 1. The number of nitrogens with zero attached hydrogens (tertiary/aromatic N) is 3.